The Morgan fingerprint density at radius 1 is 0.412 bits per heavy atom. The lowest BCUT2D eigenvalue weighted by Gasteiger charge is -2.21. The molecule has 0 aliphatic rings. The van der Waals surface area contributed by atoms with Crippen molar-refractivity contribution in [2.75, 3.05) is 26.4 Å². The molecule has 0 aliphatic heterocycles. The van der Waals surface area contributed by atoms with Crippen molar-refractivity contribution in [3.63, 3.8) is 0 Å². The molecule has 2 N–H and O–H groups in total. The molecule has 0 spiro atoms. The molecule has 0 aromatic carbocycles. The zero-order chi connectivity index (χ0) is 49.9. The number of hydrogen-bond donors (Lipinski definition) is 2. The van der Waals surface area contributed by atoms with Crippen molar-refractivity contribution in [3.05, 3.63) is 24.3 Å². The van der Waals surface area contributed by atoms with E-state index in [4.69, 9.17) is 23.3 Å². The maximum atomic E-state index is 12.9. The van der Waals surface area contributed by atoms with Crippen LogP contribution in [0.2, 0.25) is 0 Å². The zero-order valence-electron chi connectivity index (χ0n) is 44.1. The van der Waals surface area contributed by atoms with E-state index in [-0.39, 0.29) is 25.9 Å². The van der Waals surface area contributed by atoms with Gasteiger partial charge in [-0.2, -0.15) is 0 Å². The number of carbonyl (C=O) groups is 3. The summed E-state index contributed by atoms with van der Waals surface area (Å²) in [6.07, 6.45) is 50.0. The molecule has 11 nitrogen and oxygen atoms in total. The van der Waals surface area contributed by atoms with E-state index >= 15 is 0 Å². The maximum absolute atomic E-state index is 12.9. The van der Waals surface area contributed by atoms with Gasteiger partial charge in [0.2, 0.25) is 0 Å². The Morgan fingerprint density at radius 3 is 1.12 bits per heavy atom. The number of esters is 3. The van der Waals surface area contributed by atoms with Crippen LogP contribution in [0.1, 0.15) is 278 Å². The molecule has 0 radical (unpaired) electrons. The Kier molecular flexibility index (Phi) is 49.8. The van der Waals surface area contributed by atoms with E-state index in [0.717, 1.165) is 83.5 Å². The van der Waals surface area contributed by atoms with Gasteiger partial charge in [0.15, 0.2) is 6.10 Å². The number of allylic oxidation sites excluding steroid dienone is 4. The first-order chi connectivity index (χ1) is 33.2. The van der Waals surface area contributed by atoms with Crippen LogP contribution in [0.4, 0.5) is 0 Å². The fourth-order valence-corrected chi connectivity index (χ4v) is 8.82. The Bertz CT molecular complexity index is 1240. The van der Waals surface area contributed by atoms with Gasteiger partial charge in [0, 0.05) is 19.3 Å². The van der Waals surface area contributed by atoms with Crippen LogP contribution >= 0.6 is 7.82 Å². The van der Waals surface area contributed by atoms with Gasteiger partial charge in [-0.15, -0.1) is 0 Å². The van der Waals surface area contributed by atoms with E-state index in [1.165, 1.54) is 135 Å². The predicted molar refractivity (Wildman–Crippen MR) is 280 cm³/mol. The van der Waals surface area contributed by atoms with Gasteiger partial charge in [-0.25, -0.2) is 4.57 Å². The molecule has 0 saturated heterocycles. The average Bonchev–Trinajstić information content (AvgIpc) is 3.32. The standard InChI is InChI=1S/C56H105O11P/c1-4-7-10-13-16-19-21-23-25-26-28-30-32-35-38-41-44-47-56(60)67-53(49-63-54(58)45-42-39-36-33-18-15-12-9-6-3)51-65-68(61,62)64-50-52(48-57)66-55(59)46-43-40-37-34-31-29-27-24-22-20-17-14-11-8-5-2/h17,20,24,27,52-53,57H,4-16,18-19,21-23,25-26,28-51H2,1-3H3,(H,61,62)/b20-17-,27-24-. The quantitative estimate of drug-likeness (QED) is 0.0197. The number of phosphoric ester groups is 1. The normalized spacial score (nSPS) is 13.5. The highest BCUT2D eigenvalue weighted by atomic mass is 31.2. The first-order valence-corrected chi connectivity index (χ1v) is 29.7. The summed E-state index contributed by atoms with van der Waals surface area (Å²) in [7, 11) is -4.74. The molecule has 12 heteroatoms. The molecule has 400 valence electrons. The monoisotopic (exact) mass is 985 g/mol. The van der Waals surface area contributed by atoms with Gasteiger partial charge in [-0.3, -0.25) is 23.4 Å². The number of ether oxygens (including phenoxy) is 3. The third kappa shape index (κ3) is 49.0. The van der Waals surface area contributed by atoms with Gasteiger partial charge in [-0.05, 0) is 51.4 Å². The van der Waals surface area contributed by atoms with E-state index in [1.54, 1.807) is 0 Å². The molecule has 0 aromatic rings. The van der Waals surface area contributed by atoms with Crippen molar-refractivity contribution >= 4 is 25.7 Å². The second kappa shape index (κ2) is 51.3. The SMILES string of the molecule is CCCCC/C=C\C/C=C\CCCCCCCC(=O)OC(CO)COP(=O)(O)OCC(COC(=O)CCCCCCCCCCC)OC(=O)CCCCCCCCCCCCCCCCCCC. The predicted octanol–water partition coefficient (Wildman–Crippen LogP) is 16.3. The molecule has 0 aliphatic carbocycles. The first-order valence-electron chi connectivity index (χ1n) is 28.2. The summed E-state index contributed by atoms with van der Waals surface area (Å²) in [6, 6.07) is 0. The molecule has 68 heavy (non-hydrogen) atoms. The number of aliphatic hydroxyl groups is 1. The molecule has 0 saturated carbocycles. The van der Waals surface area contributed by atoms with E-state index in [1.807, 2.05) is 0 Å². The Balaban J connectivity index is 4.62. The van der Waals surface area contributed by atoms with Crippen molar-refractivity contribution in [1.29, 1.82) is 0 Å². The van der Waals surface area contributed by atoms with Gasteiger partial charge in [-0.1, -0.05) is 231 Å². The number of phosphoric acid groups is 1. The maximum Gasteiger partial charge on any atom is 0.472 e. The van der Waals surface area contributed by atoms with Crippen LogP contribution < -0.4 is 0 Å². The minimum Gasteiger partial charge on any atom is -0.462 e. The summed E-state index contributed by atoms with van der Waals surface area (Å²) < 4.78 is 39.4. The molecule has 3 unspecified atom stereocenters. The van der Waals surface area contributed by atoms with Crippen LogP contribution in [0.15, 0.2) is 24.3 Å². The lowest BCUT2D eigenvalue weighted by atomic mass is 10.0. The number of rotatable bonds is 53. The zero-order valence-corrected chi connectivity index (χ0v) is 45.0. The van der Waals surface area contributed by atoms with Crippen LogP contribution in [-0.4, -0.2) is 66.5 Å². The molecular weight excluding hydrogens is 880 g/mol. The van der Waals surface area contributed by atoms with Crippen LogP contribution in [-0.2, 0) is 42.2 Å². The number of hydrogen-bond acceptors (Lipinski definition) is 10. The van der Waals surface area contributed by atoms with Crippen molar-refractivity contribution < 1.29 is 52.2 Å². The highest BCUT2D eigenvalue weighted by molar-refractivity contribution is 7.47. The molecule has 0 rings (SSSR count). The van der Waals surface area contributed by atoms with Gasteiger partial charge < -0.3 is 24.2 Å². The van der Waals surface area contributed by atoms with Gasteiger partial charge in [0.05, 0.1) is 19.8 Å². The lowest BCUT2D eigenvalue weighted by Crippen LogP contribution is -2.30. The molecule has 0 fully saturated rings. The van der Waals surface area contributed by atoms with Gasteiger partial charge >= 0.3 is 25.7 Å². The summed E-state index contributed by atoms with van der Waals surface area (Å²) >= 11 is 0. The number of aliphatic hydroxyl groups excluding tert-OH is 1. The summed E-state index contributed by atoms with van der Waals surface area (Å²) in [5.41, 5.74) is 0. The van der Waals surface area contributed by atoms with Gasteiger partial charge in [0.1, 0.15) is 12.7 Å². The summed E-state index contributed by atoms with van der Waals surface area (Å²) in [4.78, 5) is 48.3. The summed E-state index contributed by atoms with van der Waals surface area (Å²) in [5, 5.41) is 9.79. The summed E-state index contributed by atoms with van der Waals surface area (Å²) in [6.45, 7) is 4.62. The number of unbranched alkanes of at least 4 members (excludes halogenated alkanes) is 32. The largest absolute Gasteiger partial charge is 0.472 e. The Hall–Kier alpha value is -2.04. The van der Waals surface area contributed by atoms with E-state index < -0.39 is 57.8 Å². The van der Waals surface area contributed by atoms with Crippen molar-refractivity contribution in [3.8, 4) is 0 Å². The minimum atomic E-state index is -4.74. The molecular formula is C56H105O11P. The van der Waals surface area contributed by atoms with E-state index in [9.17, 15) is 28.9 Å². The highest BCUT2D eigenvalue weighted by Gasteiger charge is 2.28. The average molecular weight is 985 g/mol. The van der Waals surface area contributed by atoms with Crippen molar-refractivity contribution in [2.24, 2.45) is 0 Å². The number of carbonyl (C=O) groups excluding carboxylic acids is 3. The fourth-order valence-electron chi connectivity index (χ4n) is 8.03. The molecule has 0 bridgehead atoms. The lowest BCUT2D eigenvalue weighted by molar-refractivity contribution is -0.161. The van der Waals surface area contributed by atoms with Crippen molar-refractivity contribution in [2.45, 2.75) is 290 Å². The van der Waals surface area contributed by atoms with Crippen LogP contribution in [0.5, 0.6) is 0 Å². The minimum absolute atomic E-state index is 0.165. The topological polar surface area (TPSA) is 155 Å². The van der Waals surface area contributed by atoms with E-state index in [0.29, 0.717) is 19.3 Å². The molecule has 0 amide bonds. The fraction of sp³-hybridized carbons (Fsp3) is 0.875. The molecule has 0 aromatic heterocycles. The third-order valence-corrected chi connectivity index (χ3v) is 13.3. The molecule has 3 atom stereocenters. The second-order valence-corrected chi connectivity index (χ2v) is 20.6. The van der Waals surface area contributed by atoms with Gasteiger partial charge in [0.25, 0.3) is 0 Å². The second-order valence-electron chi connectivity index (χ2n) is 19.1. The smallest absolute Gasteiger partial charge is 0.462 e. The Labute approximate surface area is 417 Å². The summed E-state index contributed by atoms with van der Waals surface area (Å²) in [5.74, 6) is -1.46. The Morgan fingerprint density at radius 2 is 0.721 bits per heavy atom. The van der Waals surface area contributed by atoms with Crippen LogP contribution in [0, 0.1) is 0 Å². The van der Waals surface area contributed by atoms with Crippen molar-refractivity contribution in [1.82, 2.24) is 0 Å². The highest BCUT2D eigenvalue weighted by Crippen LogP contribution is 2.43. The molecule has 0 heterocycles. The first kappa shape index (κ1) is 66.0. The van der Waals surface area contributed by atoms with Crippen LogP contribution in [0.25, 0.3) is 0 Å². The third-order valence-electron chi connectivity index (χ3n) is 12.4. The van der Waals surface area contributed by atoms with Crippen LogP contribution in [0.3, 0.4) is 0 Å². The van der Waals surface area contributed by atoms with E-state index in [2.05, 4.69) is 45.1 Å².